The van der Waals surface area contributed by atoms with Crippen molar-refractivity contribution >= 4 is 23.2 Å². The average molecular weight is 224 g/mol. The molecule has 2 aromatic heterocycles. The highest BCUT2D eigenvalue weighted by Gasteiger charge is 2.04. The largest absolute Gasteiger partial charge is 0.323 e. The molecule has 0 aliphatic carbocycles. The number of halogens is 1. The molecule has 2 aromatic rings. The third-order valence-electron chi connectivity index (χ3n) is 1.90. The Morgan fingerprint density at radius 3 is 2.93 bits per heavy atom. The number of hydrogen-bond acceptors (Lipinski definition) is 4. The molecule has 2 heterocycles. The summed E-state index contributed by atoms with van der Waals surface area (Å²) in [6.45, 7) is 1.90. The Morgan fingerprint density at radius 2 is 2.27 bits per heavy atom. The molecule has 0 aromatic carbocycles. The van der Waals surface area contributed by atoms with E-state index < -0.39 is 0 Å². The van der Waals surface area contributed by atoms with Crippen molar-refractivity contribution in [3.8, 4) is 0 Å². The highest BCUT2D eigenvalue weighted by molar-refractivity contribution is 6.28. The molecular weight excluding hydrogens is 214 g/mol. The van der Waals surface area contributed by atoms with Crippen molar-refractivity contribution in [1.29, 1.82) is 0 Å². The van der Waals surface area contributed by atoms with Gasteiger partial charge in [-0.1, -0.05) is 0 Å². The van der Waals surface area contributed by atoms with Crippen LogP contribution < -0.4 is 5.32 Å². The van der Waals surface area contributed by atoms with Crippen LogP contribution in [0.4, 0.5) is 11.6 Å². The van der Waals surface area contributed by atoms with Gasteiger partial charge in [0.05, 0.1) is 0 Å². The van der Waals surface area contributed by atoms with Crippen LogP contribution in [0.3, 0.4) is 0 Å². The molecule has 1 N–H and O–H groups in total. The highest BCUT2D eigenvalue weighted by atomic mass is 35.5. The molecule has 0 saturated carbocycles. The standard InChI is InChI=1S/C9H10ClN5/c1-6-5-11-9(10)13-8(6)12-7-3-4-15(2)14-7/h3-5H,1-2H3,(H,11,12,13,14). The molecule has 6 heteroatoms. The molecule has 0 unspecified atom stereocenters. The quantitative estimate of drug-likeness (QED) is 0.791. The van der Waals surface area contributed by atoms with Crippen LogP contribution in [0, 0.1) is 6.92 Å². The average Bonchev–Trinajstić information content (AvgIpc) is 2.58. The van der Waals surface area contributed by atoms with Crippen LogP contribution in [0.15, 0.2) is 18.5 Å². The molecular formula is C9H10ClN5. The normalized spacial score (nSPS) is 10.3. The van der Waals surface area contributed by atoms with E-state index in [0.717, 1.165) is 11.4 Å². The maximum absolute atomic E-state index is 5.70. The van der Waals surface area contributed by atoms with Gasteiger partial charge in [0.25, 0.3) is 0 Å². The summed E-state index contributed by atoms with van der Waals surface area (Å²) in [6.07, 6.45) is 3.51. The van der Waals surface area contributed by atoms with E-state index in [0.29, 0.717) is 5.82 Å². The van der Waals surface area contributed by atoms with Crippen LogP contribution in [0.2, 0.25) is 5.28 Å². The zero-order valence-corrected chi connectivity index (χ0v) is 9.15. The monoisotopic (exact) mass is 223 g/mol. The zero-order valence-electron chi connectivity index (χ0n) is 8.40. The van der Waals surface area contributed by atoms with Gasteiger partial charge in [0, 0.05) is 31.1 Å². The van der Waals surface area contributed by atoms with Gasteiger partial charge in [-0.2, -0.15) is 5.10 Å². The predicted molar refractivity (Wildman–Crippen MR) is 58.3 cm³/mol. The van der Waals surface area contributed by atoms with Gasteiger partial charge in [-0.15, -0.1) is 0 Å². The van der Waals surface area contributed by atoms with E-state index in [-0.39, 0.29) is 5.28 Å². The first-order valence-electron chi connectivity index (χ1n) is 4.41. The van der Waals surface area contributed by atoms with Gasteiger partial charge in [-0.25, -0.2) is 9.97 Å². The molecule has 5 nitrogen and oxygen atoms in total. The van der Waals surface area contributed by atoms with E-state index in [1.165, 1.54) is 0 Å². The van der Waals surface area contributed by atoms with Gasteiger partial charge in [0.15, 0.2) is 5.82 Å². The van der Waals surface area contributed by atoms with E-state index in [1.54, 1.807) is 10.9 Å². The first-order chi connectivity index (χ1) is 7.15. The minimum absolute atomic E-state index is 0.221. The number of anilines is 2. The molecule has 0 atom stereocenters. The summed E-state index contributed by atoms with van der Waals surface area (Å²) in [5.74, 6) is 1.41. The van der Waals surface area contributed by atoms with Crippen LogP contribution in [-0.2, 0) is 7.05 Å². The maximum atomic E-state index is 5.70. The van der Waals surface area contributed by atoms with Gasteiger partial charge in [-0.05, 0) is 18.5 Å². The highest BCUT2D eigenvalue weighted by Crippen LogP contribution is 2.17. The van der Waals surface area contributed by atoms with E-state index >= 15 is 0 Å². The lowest BCUT2D eigenvalue weighted by molar-refractivity contribution is 0.771. The Morgan fingerprint density at radius 1 is 1.47 bits per heavy atom. The minimum Gasteiger partial charge on any atom is -0.323 e. The molecule has 0 bridgehead atoms. The maximum Gasteiger partial charge on any atom is 0.224 e. The van der Waals surface area contributed by atoms with Crippen molar-refractivity contribution in [3.63, 3.8) is 0 Å². The fourth-order valence-electron chi connectivity index (χ4n) is 1.15. The number of nitrogens with one attached hydrogen (secondary N) is 1. The number of hydrogen-bond donors (Lipinski definition) is 1. The van der Waals surface area contributed by atoms with Crippen molar-refractivity contribution in [2.75, 3.05) is 5.32 Å². The molecule has 0 radical (unpaired) electrons. The molecule has 78 valence electrons. The summed E-state index contributed by atoms with van der Waals surface area (Å²) in [5.41, 5.74) is 0.921. The van der Waals surface area contributed by atoms with Gasteiger partial charge < -0.3 is 5.32 Å². The van der Waals surface area contributed by atoms with Gasteiger partial charge in [0.2, 0.25) is 5.28 Å². The number of nitrogens with zero attached hydrogens (tertiary/aromatic N) is 4. The summed E-state index contributed by atoms with van der Waals surface area (Å²) >= 11 is 5.70. The van der Waals surface area contributed by atoms with Crippen molar-refractivity contribution in [1.82, 2.24) is 19.7 Å². The molecule has 0 fully saturated rings. The summed E-state index contributed by atoms with van der Waals surface area (Å²) < 4.78 is 1.71. The third kappa shape index (κ3) is 2.24. The number of aryl methyl sites for hydroxylation is 2. The molecule has 0 amide bonds. The van der Waals surface area contributed by atoms with Gasteiger partial charge in [0.1, 0.15) is 5.82 Å². The van der Waals surface area contributed by atoms with Crippen LogP contribution in [0.1, 0.15) is 5.56 Å². The SMILES string of the molecule is Cc1cnc(Cl)nc1Nc1ccn(C)n1. The first kappa shape index (κ1) is 9.92. The predicted octanol–water partition coefficient (Wildman–Crippen LogP) is 1.92. The summed E-state index contributed by atoms with van der Waals surface area (Å²) in [5, 5.41) is 7.47. The molecule has 0 saturated heterocycles. The second kappa shape index (κ2) is 3.86. The molecule has 15 heavy (non-hydrogen) atoms. The van der Waals surface area contributed by atoms with Crippen LogP contribution in [0.5, 0.6) is 0 Å². The second-order valence-corrected chi connectivity index (χ2v) is 3.51. The van der Waals surface area contributed by atoms with E-state index in [9.17, 15) is 0 Å². The van der Waals surface area contributed by atoms with Gasteiger partial charge >= 0.3 is 0 Å². The van der Waals surface area contributed by atoms with Crippen LogP contribution in [0.25, 0.3) is 0 Å². The Kier molecular flexibility index (Phi) is 2.55. The number of rotatable bonds is 2. The summed E-state index contributed by atoms with van der Waals surface area (Å²) in [7, 11) is 1.85. The Balaban J connectivity index is 2.27. The molecule has 0 spiro atoms. The second-order valence-electron chi connectivity index (χ2n) is 3.17. The fraction of sp³-hybridized carbons (Fsp3) is 0.222. The Hall–Kier alpha value is -1.62. The van der Waals surface area contributed by atoms with Crippen LogP contribution >= 0.6 is 11.6 Å². The zero-order chi connectivity index (χ0) is 10.8. The van der Waals surface area contributed by atoms with E-state index in [1.807, 2.05) is 26.2 Å². The first-order valence-corrected chi connectivity index (χ1v) is 4.79. The van der Waals surface area contributed by atoms with Crippen molar-refractivity contribution in [2.24, 2.45) is 7.05 Å². The Labute approximate surface area is 92.1 Å². The van der Waals surface area contributed by atoms with Crippen molar-refractivity contribution in [2.45, 2.75) is 6.92 Å². The summed E-state index contributed by atoms with van der Waals surface area (Å²) in [6, 6.07) is 1.86. The van der Waals surface area contributed by atoms with Crippen LogP contribution in [-0.4, -0.2) is 19.7 Å². The lowest BCUT2D eigenvalue weighted by atomic mass is 10.3. The Bertz CT molecular complexity index is 479. The summed E-state index contributed by atoms with van der Waals surface area (Å²) in [4.78, 5) is 7.95. The van der Waals surface area contributed by atoms with Crippen molar-refractivity contribution in [3.05, 3.63) is 29.3 Å². The van der Waals surface area contributed by atoms with E-state index in [4.69, 9.17) is 11.6 Å². The minimum atomic E-state index is 0.221. The lowest BCUT2D eigenvalue weighted by Gasteiger charge is -2.04. The lowest BCUT2D eigenvalue weighted by Crippen LogP contribution is -1.99. The van der Waals surface area contributed by atoms with Crippen molar-refractivity contribution < 1.29 is 0 Å². The number of aromatic nitrogens is 4. The molecule has 0 aliphatic rings. The fourth-order valence-corrected chi connectivity index (χ4v) is 1.28. The molecule has 2 rings (SSSR count). The van der Waals surface area contributed by atoms with Gasteiger partial charge in [-0.3, -0.25) is 4.68 Å². The topological polar surface area (TPSA) is 55.6 Å². The molecule has 0 aliphatic heterocycles. The third-order valence-corrected chi connectivity index (χ3v) is 2.08. The van der Waals surface area contributed by atoms with E-state index in [2.05, 4.69) is 20.4 Å². The smallest absolute Gasteiger partial charge is 0.224 e.